The van der Waals surface area contributed by atoms with Crippen LogP contribution in [0.5, 0.6) is 0 Å². The van der Waals surface area contributed by atoms with Crippen LogP contribution in [0.15, 0.2) is 22.5 Å². The van der Waals surface area contributed by atoms with Gasteiger partial charge in [0.1, 0.15) is 5.92 Å². The molecule has 2 aromatic rings. The van der Waals surface area contributed by atoms with Gasteiger partial charge in [-0.25, -0.2) is 15.0 Å². The van der Waals surface area contributed by atoms with Crippen LogP contribution < -0.4 is 10.6 Å². The minimum absolute atomic E-state index is 0.197. The monoisotopic (exact) mass is 487 g/mol. The Balaban J connectivity index is 1.26. The Morgan fingerprint density at radius 2 is 2.06 bits per heavy atom. The minimum Gasteiger partial charge on any atom is -0.465 e. The van der Waals surface area contributed by atoms with Gasteiger partial charge in [0.15, 0.2) is 10.3 Å². The third kappa shape index (κ3) is 5.57. The van der Waals surface area contributed by atoms with Gasteiger partial charge in [0, 0.05) is 29.0 Å². The number of fused-ring (bicyclic) bond motifs is 1. The summed E-state index contributed by atoms with van der Waals surface area (Å²) in [6, 6.07) is 0. The van der Waals surface area contributed by atoms with Crippen LogP contribution in [-0.4, -0.2) is 46.5 Å². The Hall–Kier alpha value is -3.25. The highest BCUT2D eigenvalue weighted by atomic mass is 32.1. The van der Waals surface area contributed by atoms with E-state index in [9.17, 15) is 19.2 Å². The second kappa shape index (κ2) is 10.1. The Kier molecular flexibility index (Phi) is 7.04. The Morgan fingerprint density at radius 3 is 2.82 bits per heavy atom. The average molecular weight is 488 g/mol. The highest BCUT2D eigenvalue weighted by Gasteiger charge is 2.33. The van der Waals surface area contributed by atoms with E-state index in [1.54, 1.807) is 12.3 Å². The zero-order chi connectivity index (χ0) is 23.4. The van der Waals surface area contributed by atoms with E-state index in [0.717, 1.165) is 11.3 Å². The van der Waals surface area contributed by atoms with Crippen molar-refractivity contribution in [2.75, 3.05) is 17.2 Å². The van der Waals surface area contributed by atoms with Crippen LogP contribution in [0.25, 0.3) is 0 Å². The molecule has 4 rings (SSSR count). The van der Waals surface area contributed by atoms with E-state index in [4.69, 9.17) is 4.74 Å². The number of dihydropyridines is 1. The molecular weight excluding hydrogens is 466 g/mol. The van der Waals surface area contributed by atoms with Gasteiger partial charge >= 0.3 is 5.97 Å². The van der Waals surface area contributed by atoms with Crippen molar-refractivity contribution in [3.8, 4) is 0 Å². The molecule has 0 bridgehead atoms. The number of esters is 1. The van der Waals surface area contributed by atoms with E-state index in [0.29, 0.717) is 41.1 Å². The van der Waals surface area contributed by atoms with Gasteiger partial charge in [-0.15, -0.1) is 22.7 Å². The fourth-order valence-corrected chi connectivity index (χ4v) is 5.23. The highest BCUT2D eigenvalue weighted by Crippen LogP contribution is 2.39. The number of carbonyl (C=O) groups excluding carboxylic acids is 4. The smallest absolute Gasteiger partial charge is 0.315 e. The number of amides is 3. The maximum Gasteiger partial charge on any atom is 0.315 e. The van der Waals surface area contributed by atoms with Crippen LogP contribution >= 0.6 is 22.7 Å². The molecule has 2 N–H and O–H groups in total. The van der Waals surface area contributed by atoms with Gasteiger partial charge in [-0.05, 0) is 26.2 Å². The topological polar surface area (TPSA) is 140 Å². The van der Waals surface area contributed by atoms with Crippen LogP contribution in [0, 0.1) is 5.92 Å². The van der Waals surface area contributed by atoms with Crippen LogP contribution in [-0.2, 0) is 36.8 Å². The number of anilines is 2. The standard InChI is InChI=1S/C21H21N5O5S2/c1-2-31-19(30)13-5-6-14-17(13)25-21(33-14)24-16(28)8-4-12-10-32-20(23-12)26-18(29)11-3-7-15(27)22-9-11/h3,7,9-11,13H,2,4-6,8H2,1H3,(H,23,26,29)(H,24,25,28). The molecule has 12 heteroatoms. The lowest BCUT2D eigenvalue weighted by Crippen LogP contribution is -2.24. The van der Waals surface area contributed by atoms with Gasteiger partial charge in [0.05, 0.1) is 23.9 Å². The van der Waals surface area contributed by atoms with Crippen LogP contribution in [0.3, 0.4) is 0 Å². The molecule has 10 nitrogen and oxygen atoms in total. The lowest BCUT2D eigenvalue weighted by Gasteiger charge is -2.08. The summed E-state index contributed by atoms with van der Waals surface area (Å²) in [6.45, 7) is 2.10. The SMILES string of the molecule is CCOC(=O)C1CCc2sc(NC(=O)CCc3csc(NC(=O)C4C=CC(=O)N=C4)n3)nc21. The summed E-state index contributed by atoms with van der Waals surface area (Å²) in [7, 11) is 0. The zero-order valence-corrected chi connectivity index (χ0v) is 19.3. The van der Waals surface area contributed by atoms with E-state index in [1.807, 2.05) is 0 Å². The summed E-state index contributed by atoms with van der Waals surface area (Å²) in [4.78, 5) is 61.1. The number of nitrogens with zero attached hydrogens (tertiary/aromatic N) is 3. The third-order valence-corrected chi connectivity index (χ3v) is 6.89. The van der Waals surface area contributed by atoms with Crippen molar-refractivity contribution < 1.29 is 23.9 Å². The van der Waals surface area contributed by atoms with Crippen LogP contribution in [0.2, 0.25) is 0 Å². The molecule has 1 aliphatic heterocycles. The Bertz CT molecular complexity index is 1140. The van der Waals surface area contributed by atoms with E-state index < -0.39 is 11.8 Å². The van der Waals surface area contributed by atoms with Gasteiger partial charge in [0.2, 0.25) is 11.8 Å². The number of carbonyl (C=O) groups is 4. The third-order valence-electron chi connectivity index (χ3n) is 5.04. The first-order valence-electron chi connectivity index (χ1n) is 10.4. The maximum atomic E-state index is 12.4. The molecule has 2 aromatic heterocycles. The molecule has 2 aliphatic rings. The van der Waals surface area contributed by atoms with Gasteiger partial charge < -0.3 is 15.4 Å². The number of aryl methyl sites for hydroxylation is 2. The summed E-state index contributed by atoms with van der Waals surface area (Å²) in [6.07, 6.45) is 6.05. The number of hydrogen-bond donors (Lipinski definition) is 2. The van der Waals surface area contributed by atoms with E-state index >= 15 is 0 Å². The number of rotatable bonds is 8. The number of thiazole rings is 2. The first-order valence-corrected chi connectivity index (χ1v) is 12.1. The summed E-state index contributed by atoms with van der Waals surface area (Å²) in [5, 5.41) is 8.14. The molecule has 3 heterocycles. The molecule has 0 spiro atoms. The second-order valence-corrected chi connectivity index (χ2v) is 9.30. The van der Waals surface area contributed by atoms with E-state index in [2.05, 4.69) is 25.6 Å². The predicted molar refractivity (Wildman–Crippen MR) is 124 cm³/mol. The first kappa shape index (κ1) is 22.9. The molecule has 0 fully saturated rings. The maximum absolute atomic E-state index is 12.4. The normalized spacial score (nSPS) is 18.8. The quantitative estimate of drug-likeness (QED) is 0.545. The van der Waals surface area contributed by atoms with Crippen molar-refractivity contribution in [2.45, 2.75) is 38.5 Å². The zero-order valence-electron chi connectivity index (χ0n) is 17.7. The fourth-order valence-electron chi connectivity index (χ4n) is 3.43. The average Bonchev–Trinajstić information content (AvgIpc) is 3.49. The van der Waals surface area contributed by atoms with E-state index in [-0.39, 0.29) is 30.1 Å². The first-order chi connectivity index (χ1) is 15.9. The lowest BCUT2D eigenvalue weighted by atomic mass is 10.1. The summed E-state index contributed by atoms with van der Waals surface area (Å²) in [5.74, 6) is -2.19. The number of aromatic nitrogens is 2. The number of aliphatic imine (C=N–C) groups is 1. The van der Waals surface area contributed by atoms with Crippen LogP contribution in [0.1, 0.15) is 41.9 Å². The molecule has 0 radical (unpaired) electrons. The van der Waals surface area contributed by atoms with Crippen molar-refractivity contribution in [1.29, 1.82) is 0 Å². The highest BCUT2D eigenvalue weighted by molar-refractivity contribution is 7.16. The lowest BCUT2D eigenvalue weighted by molar-refractivity contribution is -0.145. The van der Waals surface area contributed by atoms with Gasteiger partial charge in [-0.3, -0.25) is 19.2 Å². The molecule has 0 saturated heterocycles. The number of hydrogen-bond acceptors (Lipinski definition) is 9. The summed E-state index contributed by atoms with van der Waals surface area (Å²) in [5.41, 5.74) is 1.38. The van der Waals surface area contributed by atoms with Gasteiger partial charge in [-0.2, -0.15) is 0 Å². The molecule has 3 amide bonds. The molecule has 0 saturated carbocycles. The molecule has 33 heavy (non-hydrogen) atoms. The molecule has 2 atom stereocenters. The molecule has 172 valence electrons. The molecule has 2 unspecified atom stereocenters. The van der Waals surface area contributed by atoms with Gasteiger partial charge in [-0.1, -0.05) is 6.08 Å². The van der Waals surface area contributed by atoms with Crippen molar-refractivity contribution >= 4 is 62.8 Å². The Labute approximate surface area is 197 Å². The number of nitrogens with one attached hydrogen (secondary N) is 2. The second-order valence-electron chi connectivity index (χ2n) is 7.35. The van der Waals surface area contributed by atoms with Crippen molar-refractivity contribution in [3.05, 3.63) is 33.8 Å². The summed E-state index contributed by atoms with van der Waals surface area (Å²) >= 11 is 2.64. The van der Waals surface area contributed by atoms with Crippen molar-refractivity contribution in [1.82, 2.24) is 9.97 Å². The Morgan fingerprint density at radius 1 is 1.21 bits per heavy atom. The fraction of sp³-hybridized carbons (Fsp3) is 0.381. The van der Waals surface area contributed by atoms with Crippen LogP contribution in [0.4, 0.5) is 10.3 Å². The van der Waals surface area contributed by atoms with Crippen molar-refractivity contribution in [3.63, 3.8) is 0 Å². The largest absolute Gasteiger partial charge is 0.465 e. The molecule has 1 aliphatic carbocycles. The number of ether oxygens (including phenoxy) is 1. The molecular formula is C21H21N5O5S2. The minimum atomic E-state index is -0.621. The molecule has 0 aromatic carbocycles. The van der Waals surface area contributed by atoms with Crippen molar-refractivity contribution in [2.24, 2.45) is 10.9 Å². The van der Waals surface area contributed by atoms with Gasteiger partial charge in [0.25, 0.3) is 5.91 Å². The summed E-state index contributed by atoms with van der Waals surface area (Å²) < 4.78 is 5.11. The predicted octanol–water partition coefficient (Wildman–Crippen LogP) is 2.49. The van der Waals surface area contributed by atoms with E-state index in [1.165, 1.54) is 41.0 Å².